The van der Waals surface area contributed by atoms with Crippen molar-refractivity contribution in [2.75, 3.05) is 12.4 Å². The molecule has 0 amide bonds. The zero-order valence-corrected chi connectivity index (χ0v) is 9.36. The standard InChI is InChI=1S/C10H7NO2S2/c11-6-7(10-13-3-5-15-10)9(12)8-2-1-4-14-8/h1-2,4H,3,5H2/b10-7-. The van der Waals surface area contributed by atoms with Crippen LogP contribution >= 0.6 is 23.1 Å². The quantitative estimate of drug-likeness (QED) is 0.450. The number of carbonyl (C=O) groups is 1. The van der Waals surface area contributed by atoms with Crippen molar-refractivity contribution in [2.24, 2.45) is 0 Å². The van der Waals surface area contributed by atoms with E-state index in [-0.39, 0.29) is 11.4 Å². The lowest BCUT2D eigenvalue weighted by Gasteiger charge is -1.99. The summed E-state index contributed by atoms with van der Waals surface area (Å²) in [6.07, 6.45) is 0. The Bertz CT molecular complexity index is 434. The Labute approximate surface area is 95.4 Å². The fourth-order valence-electron chi connectivity index (χ4n) is 1.17. The van der Waals surface area contributed by atoms with Crippen molar-refractivity contribution in [2.45, 2.75) is 0 Å². The molecule has 3 nitrogen and oxygen atoms in total. The molecule has 1 aromatic heterocycles. The molecule has 1 fully saturated rings. The number of thioether (sulfide) groups is 1. The maximum atomic E-state index is 11.9. The van der Waals surface area contributed by atoms with Crippen LogP contribution in [0, 0.1) is 11.3 Å². The van der Waals surface area contributed by atoms with Gasteiger partial charge in [-0.25, -0.2) is 0 Å². The average Bonchev–Trinajstić information content (AvgIpc) is 2.91. The normalized spacial score (nSPS) is 18.1. The highest BCUT2D eigenvalue weighted by Gasteiger charge is 2.22. The maximum absolute atomic E-state index is 11.9. The van der Waals surface area contributed by atoms with Gasteiger partial charge < -0.3 is 4.74 Å². The Balaban J connectivity index is 2.33. The molecule has 0 bridgehead atoms. The van der Waals surface area contributed by atoms with Gasteiger partial charge in [0.15, 0.2) is 5.09 Å². The van der Waals surface area contributed by atoms with Crippen LogP contribution in [0.5, 0.6) is 0 Å². The van der Waals surface area contributed by atoms with Crippen molar-refractivity contribution >= 4 is 28.9 Å². The number of hydrogen-bond donors (Lipinski definition) is 0. The number of allylic oxidation sites excluding steroid dienone is 1. The third kappa shape index (κ3) is 2.06. The van der Waals surface area contributed by atoms with Crippen molar-refractivity contribution in [3.05, 3.63) is 33.1 Å². The molecule has 0 saturated carbocycles. The second-order valence-corrected chi connectivity index (χ2v) is 4.79. The molecule has 0 radical (unpaired) electrons. The molecular formula is C10H7NO2S2. The number of ether oxygens (including phenoxy) is 1. The summed E-state index contributed by atoms with van der Waals surface area (Å²) in [4.78, 5) is 12.4. The lowest BCUT2D eigenvalue weighted by Crippen LogP contribution is -2.02. The largest absolute Gasteiger partial charge is 0.485 e. The van der Waals surface area contributed by atoms with Gasteiger partial charge in [0.05, 0.1) is 11.5 Å². The molecule has 1 saturated heterocycles. The first kappa shape index (κ1) is 10.3. The van der Waals surface area contributed by atoms with Gasteiger partial charge >= 0.3 is 0 Å². The number of nitrogens with zero attached hydrogens (tertiary/aromatic N) is 1. The molecule has 1 aliphatic heterocycles. The minimum absolute atomic E-state index is 0.125. The average molecular weight is 237 g/mol. The van der Waals surface area contributed by atoms with Gasteiger partial charge in [-0.3, -0.25) is 4.79 Å². The Morgan fingerprint density at radius 2 is 2.47 bits per heavy atom. The molecule has 0 aliphatic carbocycles. The monoisotopic (exact) mass is 237 g/mol. The first-order valence-electron chi connectivity index (χ1n) is 4.31. The van der Waals surface area contributed by atoms with Crippen molar-refractivity contribution in [3.8, 4) is 6.07 Å². The van der Waals surface area contributed by atoms with Gasteiger partial charge in [-0.05, 0) is 11.4 Å². The highest BCUT2D eigenvalue weighted by Crippen LogP contribution is 2.29. The molecule has 5 heteroatoms. The van der Waals surface area contributed by atoms with Crippen LogP contribution in [-0.4, -0.2) is 18.1 Å². The molecule has 2 rings (SSSR count). The van der Waals surface area contributed by atoms with Gasteiger partial charge in [-0.1, -0.05) is 17.8 Å². The summed E-state index contributed by atoms with van der Waals surface area (Å²) in [5.41, 5.74) is 0.125. The van der Waals surface area contributed by atoms with Crippen LogP contribution in [0.2, 0.25) is 0 Å². The number of nitriles is 1. The number of hydrogen-bond acceptors (Lipinski definition) is 5. The molecule has 15 heavy (non-hydrogen) atoms. The summed E-state index contributed by atoms with van der Waals surface area (Å²) in [7, 11) is 0. The van der Waals surface area contributed by atoms with Gasteiger partial charge in [0.25, 0.3) is 0 Å². The molecule has 0 unspecified atom stereocenters. The van der Waals surface area contributed by atoms with Crippen LogP contribution in [0.3, 0.4) is 0 Å². The summed E-state index contributed by atoms with van der Waals surface area (Å²) < 4.78 is 5.23. The fourth-order valence-corrected chi connectivity index (χ4v) is 2.65. The van der Waals surface area contributed by atoms with E-state index in [1.807, 2.05) is 11.4 Å². The minimum atomic E-state index is -0.239. The summed E-state index contributed by atoms with van der Waals surface area (Å²) >= 11 is 2.75. The zero-order chi connectivity index (χ0) is 10.7. The second-order valence-electron chi connectivity index (χ2n) is 2.78. The Morgan fingerprint density at radius 1 is 1.60 bits per heavy atom. The lowest BCUT2D eigenvalue weighted by atomic mass is 10.2. The van der Waals surface area contributed by atoms with Gasteiger partial charge in [0, 0.05) is 5.75 Å². The maximum Gasteiger partial charge on any atom is 0.217 e. The summed E-state index contributed by atoms with van der Waals surface area (Å²) in [5.74, 6) is 0.565. The first-order chi connectivity index (χ1) is 7.33. The van der Waals surface area contributed by atoms with E-state index >= 15 is 0 Å². The lowest BCUT2D eigenvalue weighted by molar-refractivity contribution is 0.103. The number of ketones is 1. The van der Waals surface area contributed by atoms with Gasteiger partial charge in [0.1, 0.15) is 11.6 Å². The third-order valence-electron chi connectivity index (χ3n) is 1.84. The van der Waals surface area contributed by atoms with Gasteiger partial charge in [-0.2, -0.15) is 5.26 Å². The van der Waals surface area contributed by atoms with Crippen LogP contribution in [-0.2, 0) is 4.74 Å². The van der Waals surface area contributed by atoms with E-state index in [1.54, 1.807) is 12.1 Å². The smallest absolute Gasteiger partial charge is 0.217 e. The molecule has 2 heterocycles. The molecule has 0 spiro atoms. The fraction of sp³-hybridized carbons (Fsp3) is 0.200. The third-order valence-corrected chi connectivity index (χ3v) is 3.66. The number of Topliss-reactive ketones (excluding diaryl/α,β-unsaturated/α-hetero) is 1. The Morgan fingerprint density at radius 3 is 3.00 bits per heavy atom. The van der Waals surface area contributed by atoms with E-state index in [1.165, 1.54) is 23.1 Å². The minimum Gasteiger partial charge on any atom is -0.485 e. The Kier molecular flexibility index (Phi) is 3.09. The molecule has 0 atom stereocenters. The summed E-state index contributed by atoms with van der Waals surface area (Å²) in [6.45, 7) is 0.572. The Hall–Kier alpha value is -1.25. The van der Waals surface area contributed by atoms with Crippen LogP contribution in [0.1, 0.15) is 9.67 Å². The molecule has 76 valence electrons. The SMILES string of the molecule is N#C/C(C(=O)c1cccs1)=C1\OCCS1. The topological polar surface area (TPSA) is 50.1 Å². The van der Waals surface area contributed by atoms with Crippen molar-refractivity contribution in [3.63, 3.8) is 0 Å². The number of carbonyl (C=O) groups excluding carboxylic acids is 1. The summed E-state index contributed by atoms with van der Waals surface area (Å²) in [6, 6.07) is 5.43. The van der Waals surface area contributed by atoms with Gasteiger partial charge in [-0.15, -0.1) is 11.3 Å². The van der Waals surface area contributed by atoms with E-state index in [2.05, 4.69) is 0 Å². The molecule has 1 aliphatic rings. The van der Waals surface area contributed by atoms with Crippen LogP contribution in [0.25, 0.3) is 0 Å². The molecule has 0 N–H and O–H groups in total. The van der Waals surface area contributed by atoms with E-state index in [0.29, 0.717) is 16.6 Å². The number of thiophene rings is 1. The summed E-state index contributed by atoms with van der Waals surface area (Å²) in [5, 5.41) is 11.2. The van der Waals surface area contributed by atoms with Crippen molar-refractivity contribution in [1.82, 2.24) is 0 Å². The molecule has 1 aromatic rings. The van der Waals surface area contributed by atoms with E-state index in [9.17, 15) is 4.79 Å². The predicted octanol–water partition coefficient (Wildman–Crippen LogP) is 2.43. The second kappa shape index (κ2) is 4.51. The van der Waals surface area contributed by atoms with E-state index < -0.39 is 0 Å². The predicted molar refractivity (Wildman–Crippen MR) is 59.7 cm³/mol. The van der Waals surface area contributed by atoms with Crippen LogP contribution < -0.4 is 0 Å². The van der Waals surface area contributed by atoms with Crippen molar-refractivity contribution in [1.29, 1.82) is 5.26 Å². The van der Waals surface area contributed by atoms with E-state index in [4.69, 9.17) is 10.00 Å². The highest BCUT2D eigenvalue weighted by atomic mass is 32.2. The van der Waals surface area contributed by atoms with Crippen LogP contribution in [0.15, 0.2) is 28.2 Å². The zero-order valence-electron chi connectivity index (χ0n) is 7.73. The molecular weight excluding hydrogens is 230 g/mol. The molecule has 0 aromatic carbocycles. The first-order valence-corrected chi connectivity index (χ1v) is 6.17. The van der Waals surface area contributed by atoms with E-state index in [0.717, 1.165) is 5.75 Å². The van der Waals surface area contributed by atoms with Crippen LogP contribution in [0.4, 0.5) is 0 Å². The number of rotatable bonds is 2. The van der Waals surface area contributed by atoms with Crippen molar-refractivity contribution < 1.29 is 9.53 Å². The van der Waals surface area contributed by atoms with Gasteiger partial charge in [0.2, 0.25) is 5.78 Å². The highest BCUT2D eigenvalue weighted by molar-refractivity contribution is 8.03.